The van der Waals surface area contributed by atoms with Crippen LogP contribution < -0.4 is 15.5 Å². The summed E-state index contributed by atoms with van der Waals surface area (Å²) in [4.78, 5) is 25.3. The third-order valence-electron chi connectivity index (χ3n) is 9.23. The molecule has 4 aromatic rings. The van der Waals surface area contributed by atoms with Gasteiger partial charge in [-0.15, -0.1) is 0 Å². The highest BCUT2D eigenvalue weighted by Gasteiger charge is 2.53. The fraction of sp³-hybridized carbons (Fsp3) is 0.364. The number of pyridine rings is 1. The zero-order valence-electron chi connectivity index (χ0n) is 27.1. The summed E-state index contributed by atoms with van der Waals surface area (Å²) < 4.78 is 56.7. The number of nitrogens with one attached hydrogen (secondary N) is 2. The summed E-state index contributed by atoms with van der Waals surface area (Å²) in [5.74, 6) is -2.33. The monoisotopic (exact) mass is 696 g/mol. The van der Waals surface area contributed by atoms with Gasteiger partial charge in [0.1, 0.15) is 11.5 Å². The number of carboxylic acid groups (broad SMARTS) is 1. The van der Waals surface area contributed by atoms with Gasteiger partial charge in [0.2, 0.25) is 10.0 Å². The van der Waals surface area contributed by atoms with E-state index in [0.717, 1.165) is 18.4 Å². The number of hydrogen-bond donors (Lipinski definition) is 3. The maximum absolute atomic E-state index is 13.7. The molecule has 48 heavy (non-hydrogen) atoms. The Bertz CT molecular complexity index is 2050. The summed E-state index contributed by atoms with van der Waals surface area (Å²) in [6.45, 7) is 7.15. The lowest BCUT2D eigenvalue weighted by molar-refractivity contribution is 0.00578. The van der Waals surface area contributed by atoms with Crippen LogP contribution in [0.2, 0.25) is 5.02 Å². The van der Waals surface area contributed by atoms with E-state index < -0.39 is 40.1 Å². The van der Waals surface area contributed by atoms with Crippen LogP contribution >= 0.6 is 11.6 Å². The highest BCUT2D eigenvalue weighted by Crippen LogP contribution is 2.43. The van der Waals surface area contributed by atoms with Crippen LogP contribution in [0.4, 0.5) is 4.39 Å². The van der Waals surface area contributed by atoms with Gasteiger partial charge in [0.25, 0.3) is 5.91 Å². The van der Waals surface area contributed by atoms with Gasteiger partial charge in [-0.1, -0.05) is 11.6 Å². The number of benzene rings is 2. The molecule has 252 valence electrons. The van der Waals surface area contributed by atoms with Gasteiger partial charge in [-0.2, -0.15) is 5.10 Å². The summed E-state index contributed by atoms with van der Waals surface area (Å²) in [7, 11) is -3.48. The number of aromatic carboxylic acids is 1. The van der Waals surface area contributed by atoms with Gasteiger partial charge in [0, 0.05) is 35.8 Å². The highest BCUT2D eigenvalue weighted by molar-refractivity contribution is 7.88. The van der Waals surface area contributed by atoms with Gasteiger partial charge in [-0.3, -0.25) is 4.79 Å². The quantitative estimate of drug-likeness (QED) is 0.203. The molecule has 1 amide bonds. The number of amides is 1. The van der Waals surface area contributed by atoms with Crippen molar-refractivity contribution in [2.24, 2.45) is 0 Å². The molecule has 6 rings (SSSR count). The molecule has 11 nitrogen and oxygen atoms in total. The average Bonchev–Trinajstić information content (AvgIpc) is 3.74. The number of aromatic nitrogens is 2. The van der Waals surface area contributed by atoms with Crippen molar-refractivity contribution in [3.63, 3.8) is 0 Å². The van der Waals surface area contributed by atoms with Crippen LogP contribution in [-0.4, -0.2) is 60.4 Å². The third kappa shape index (κ3) is 6.47. The number of sulfonamides is 1. The number of fused-ring (bicyclic) bond motifs is 1. The maximum atomic E-state index is 13.7. The first-order chi connectivity index (χ1) is 22.5. The summed E-state index contributed by atoms with van der Waals surface area (Å²) in [5, 5.41) is 17.4. The first-order valence-corrected chi connectivity index (χ1v) is 17.4. The molecule has 2 aliphatic rings. The lowest BCUT2D eigenvalue weighted by Gasteiger charge is -2.32. The molecule has 0 atom stereocenters. The van der Waals surface area contributed by atoms with E-state index in [0.29, 0.717) is 33.5 Å². The minimum absolute atomic E-state index is 0.0756. The Morgan fingerprint density at radius 3 is 2.33 bits per heavy atom. The van der Waals surface area contributed by atoms with Gasteiger partial charge in [-0.05, 0) is 106 Å². The second-order valence-electron chi connectivity index (χ2n) is 13.2. The van der Waals surface area contributed by atoms with Crippen molar-refractivity contribution in [1.82, 2.24) is 19.7 Å². The Labute approximate surface area is 283 Å². The first kappa shape index (κ1) is 34.1. The molecule has 1 saturated heterocycles. The predicted octanol–water partition coefficient (Wildman–Crippen LogP) is 4.65. The molecule has 0 radical (unpaired) electrons. The van der Waals surface area contributed by atoms with Crippen molar-refractivity contribution in [3.05, 3.63) is 87.3 Å². The van der Waals surface area contributed by atoms with Crippen LogP contribution in [0.25, 0.3) is 16.8 Å². The van der Waals surface area contributed by atoms with Crippen LogP contribution in [0.3, 0.4) is 0 Å². The van der Waals surface area contributed by atoms with E-state index in [4.69, 9.17) is 20.9 Å². The molecule has 1 aliphatic heterocycles. The number of carbonyl (C=O) groups excluding carboxylic acids is 1. The topological polar surface area (TPSA) is 148 Å². The molecule has 15 heteroatoms. The van der Waals surface area contributed by atoms with E-state index in [1.54, 1.807) is 12.3 Å². The summed E-state index contributed by atoms with van der Waals surface area (Å²) >= 11 is 6.58. The Kier molecular flexibility index (Phi) is 8.70. The van der Waals surface area contributed by atoms with E-state index in [9.17, 15) is 27.5 Å². The SMILES string of the molecule is CNC(=O)c1c(-c2ccc(F)cc2)nn2cc(CS(=O)(=O)NCc3cc(Cl)c(B4OC(C)(C)C(C)(C)O4)c(C(=O)O)c3)c(C3CC3)cc12. The molecular formula is C33H35BClFN4O7S. The lowest BCUT2D eigenvalue weighted by atomic mass is 9.75. The molecule has 2 fully saturated rings. The van der Waals surface area contributed by atoms with E-state index in [2.05, 4.69) is 15.1 Å². The van der Waals surface area contributed by atoms with Crippen LogP contribution in [0.1, 0.15) is 83.9 Å². The Hall–Kier alpha value is -3.82. The molecule has 1 saturated carbocycles. The smallest absolute Gasteiger partial charge is 0.478 e. The lowest BCUT2D eigenvalue weighted by Crippen LogP contribution is -2.41. The Morgan fingerprint density at radius 2 is 1.75 bits per heavy atom. The van der Waals surface area contributed by atoms with E-state index in [-0.39, 0.29) is 40.2 Å². The van der Waals surface area contributed by atoms with Crippen LogP contribution in [0, 0.1) is 5.82 Å². The Morgan fingerprint density at radius 1 is 1.10 bits per heavy atom. The summed E-state index contributed by atoms with van der Waals surface area (Å²) in [6.07, 6.45) is 3.35. The number of carbonyl (C=O) groups is 2. The minimum atomic E-state index is -3.97. The highest BCUT2D eigenvalue weighted by atomic mass is 35.5. The molecule has 0 spiro atoms. The third-order valence-corrected chi connectivity index (χ3v) is 10.8. The molecule has 0 bridgehead atoms. The second kappa shape index (κ2) is 12.3. The van der Waals surface area contributed by atoms with Gasteiger partial charge >= 0.3 is 13.1 Å². The molecule has 2 aromatic heterocycles. The summed E-state index contributed by atoms with van der Waals surface area (Å²) in [5.41, 5.74) is 1.87. The number of hydrogen-bond acceptors (Lipinski definition) is 7. The van der Waals surface area contributed by atoms with E-state index in [1.807, 2.05) is 27.7 Å². The van der Waals surface area contributed by atoms with Crippen molar-refractivity contribution in [1.29, 1.82) is 0 Å². The van der Waals surface area contributed by atoms with Crippen molar-refractivity contribution in [2.75, 3.05) is 7.05 Å². The average molecular weight is 697 g/mol. The van der Waals surface area contributed by atoms with Gasteiger partial charge < -0.3 is 19.7 Å². The summed E-state index contributed by atoms with van der Waals surface area (Å²) in [6, 6.07) is 10.3. The number of halogens is 2. The Balaban J connectivity index is 1.29. The largest absolute Gasteiger partial charge is 0.497 e. The zero-order valence-corrected chi connectivity index (χ0v) is 28.6. The fourth-order valence-electron chi connectivity index (χ4n) is 5.80. The van der Waals surface area contributed by atoms with Gasteiger partial charge in [0.15, 0.2) is 0 Å². The van der Waals surface area contributed by atoms with Crippen molar-refractivity contribution in [3.8, 4) is 11.3 Å². The van der Waals surface area contributed by atoms with Crippen molar-refractivity contribution < 1.29 is 36.8 Å². The second-order valence-corrected chi connectivity index (χ2v) is 15.4. The van der Waals surface area contributed by atoms with Crippen LogP contribution in [0.5, 0.6) is 0 Å². The normalized spacial score (nSPS) is 17.2. The van der Waals surface area contributed by atoms with E-state index >= 15 is 0 Å². The standard InChI is InChI=1S/C33H35BClFN4O7S/c1-32(2)33(3,4)47-34(46-32)28-24(31(42)43)12-18(13-25(28)35)15-38-48(44,45)17-21-16-40-26(14-23(21)19-6-7-19)27(30(41)37-5)29(39-40)20-8-10-22(36)11-9-20/h8-14,16,19,38H,6-7,15,17H2,1-5H3,(H,37,41)(H,42,43). The molecule has 1 aliphatic carbocycles. The van der Waals surface area contributed by atoms with Gasteiger partial charge in [0.05, 0.1) is 33.6 Å². The number of rotatable bonds is 10. The predicted molar refractivity (Wildman–Crippen MR) is 180 cm³/mol. The maximum Gasteiger partial charge on any atom is 0.497 e. The first-order valence-electron chi connectivity index (χ1n) is 15.4. The molecule has 3 heterocycles. The van der Waals surface area contributed by atoms with Crippen LogP contribution in [-0.2, 0) is 31.6 Å². The molecule has 2 aromatic carbocycles. The van der Waals surface area contributed by atoms with Crippen molar-refractivity contribution >= 4 is 51.6 Å². The van der Waals surface area contributed by atoms with Crippen LogP contribution in [0.15, 0.2) is 48.7 Å². The fourth-order valence-corrected chi connectivity index (χ4v) is 7.27. The zero-order chi connectivity index (χ0) is 34.8. The van der Waals surface area contributed by atoms with Crippen molar-refractivity contribution in [2.45, 2.75) is 70.0 Å². The van der Waals surface area contributed by atoms with E-state index in [1.165, 1.54) is 48.0 Å². The van der Waals surface area contributed by atoms with Gasteiger partial charge in [-0.25, -0.2) is 26.8 Å². The number of nitrogens with zero attached hydrogens (tertiary/aromatic N) is 2. The minimum Gasteiger partial charge on any atom is -0.478 e. The number of carboxylic acids is 1. The molecular weight excluding hydrogens is 662 g/mol. The molecule has 3 N–H and O–H groups in total. The molecule has 0 unspecified atom stereocenters.